The highest BCUT2D eigenvalue weighted by atomic mass is 32.1. The van der Waals surface area contributed by atoms with Crippen molar-refractivity contribution in [3.8, 4) is 0 Å². The maximum Gasteiger partial charge on any atom is 0.355 e. The minimum absolute atomic E-state index is 0.00342. The van der Waals surface area contributed by atoms with Gasteiger partial charge in [-0.1, -0.05) is 0 Å². The first-order chi connectivity index (χ1) is 9.97. The Kier molecular flexibility index (Phi) is 4.49. The van der Waals surface area contributed by atoms with Gasteiger partial charge in [-0.05, 0) is 6.92 Å². The van der Waals surface area contributed by atoms with E-state index in [1.807, 2.05) is 0 Å². The van der Waals surface area contributed by atoms with Gasteiger partial charge in [0.2, 0.25) is 0 Å². The number of thiazole rings is 1. The number of hydrogen-bond donors (Lipinski definition) is 3. The Hall–Kier alpha value is -2.48. The van der Waals surface area contributed by atoms with E-state index >= 15 is 0 Å². The molecule has 0 saturated carbocycles. The van der Waals surface area contributed by atoms with Crippen molar-refractivity contribution in [2.24, 2.45) is 0 Å². The average molecular weight is 307 g/mol. The van der Waals surface area contributed by atoms with Crippen LogP contribution in [-0.2, 0) is 6.42 Å². The molecule has 0 aliphatic heterocycles. The van der Waals surface area contributed by atoms with Gasteiger partial charge in [-0.25, -0.2) is 9.78 Å². The normalized spacial score (nSPS) is 10.3. The van der Waals surface area contributed by atoms with E-state index in [2.05, 4.69) is 15.3 Å². The number of rotatable bonds is 5. The van der Waals surface area contributed by atoms with E-state index in [0.29, 0.717) is 17.1 Å². The number of amides is 1. The lowest BCUT2D eigenvalue weighted by Gasteiger charge is -2.03. The van der Waals surface area contributed by atoms with Crippen molar-refractivity contribution >= 4 is 23.2 Å². The first-order valence-corrected chi connectivity index (χ1v) is 7.00. The van der Waals surface area contributed by atoms with Crippen molar-refractivity contribution in [1.82, 2.24) is 15.3 Å². The Morgan fingerprint density at radius 3 is 2.86 bits per heavy atom. The zero-order valence-electron chi connectivity index (χ0n) is 11.2. The molecule has 0 fully saturated rings. The minimum Gasteiger partial charge on any atom is -0.476 e. The third kappa shape index (κ3) is 3.76. The average Bonchev–Trinajstić information content (AvgIpc) is 2.87. The molecule has 0 radical (unpaired) electrons. The number of hydrogen-bond acceptors (Lipinski definition) is 5. The number of nitrogens with zero attached hydrogens (tertiary/aromatic N) is 1. The molecule has 8 heteroatoms. The molecule has 3 N–H and O–H groups in total. The Balaban J connectivity index is 1.92. The summed E-state index contributed by atoms with van der Waals surface area (Å²) in [6.07, 6.45) is 1.78. The molecule has 110 valence electrons. The van der Waals surface area contributed by atoms with Gasteiger partial charge in [0.15, 0.2) is 11.1 Å². The van der Waals surface area contributed by atoms with E-state index < -0.39 is 11.9 Å². The van der Waals surface area contributed by atoms with Crippen molar-refractivity contribution in [2.75, 3.05) is 6.54 Å². The predicted molar refractivity (Wildman–Crippen MR) is 76.9 cm³/mol. The Labute approximate surface area is 123 Å². The molecular weight excluding hydrogens is 294 g/mol. The topological polar surface area (TPSA) is 112 Å². The fourth-order valence-electron chi connectivity index (χ4n) is 1.65. The van der Waals surface area contributed by atoms with Gasteiger partial charge in [-0.2, -0.15) is 0 Å². The monoisotopic (exact) mass is 307 g/mol. The lowest BCUT2D eigenvalue weighted by atomic mass is 10.2. The molecule has 2 aromatic rings. The van der Waals surface area contributed by atoms with Gasteiger partial charge in [0.1, 0.15) is 5.56 Å². The number of aromatic carboxylic acids is 1. The van der Waals surface area contributed by atoms with E-state index in [4.69, 9.17) is 5.11 Å². The van der Waals surface area contributed by atoms with Gasteiger partial charge in [-0.3, -0.25) is 9.59 Å². The molecule has 7 nitrogen and oxygen atoms in total. The molecule has 0 saturated heterocycles. The SMILES string of the molecule is Cc1cc(=O)c(C(=O)NCCc2nc(C(=O)O)cs2)c[nH]1. The zero-order valence-corrected chi connectivity index (χ0v) is 12.0. The van der Waals surface area contributed by atoms with Crippen LogP contribution in [0.15, 0.2) is 22.4 Å². The summed E-state index contributed by atoms with van der Waals surface area (Å²) in [4.78, 5) is 40.9. The van der Waals surface area contributed by atoms with E-state index in [-0.39, 0.29) is 23.2 Å². The maximum atomic E-state index is 11.8. The van der Waals surface area contributed by atoms with E-state index in [1.165, 1.54) is 29.0 Å². The van der Waals surface area contributed by atoms with Gasteiger partial charge in [0, 0.05) is 36.3 Å². The number of aromatic nitrogens is 2. The van der Waals surface area contributed by atoms with Crippen LogP contribution in [0.1, 0.15) is 31.5 Å². The molecule has 0 aliphatic carbocycles. The quantitative estimate of drug-likeness (QED) is 0.756. The van der Waals surface area contributed by atoms with E-state index in [9.17, 15) is 14.4 Å². The summed E-state index contributed by atoms with van der Waals surface area (Å²) in [5.74, 6) is -1.54. The zero-order chi connectivity index (χ0) is 15.4. The summed E-state index contributed by atoms with van der Waals surface area (Å²) in [6.45, 7) is 2.00. The molecule has 2 aromatic heterocycles. The van der Waals surface area contributed by atoms with E-state index in [0.717, 1.165) is 0 Å². The van der Waals surface area contributed by atoms with Crippen LogP contribution in [0.4, 0.5) is 0 Å². The molecule has 0 unspecified atom stereocenters. The fourth-order valence-corrected chi connectivity index (χ4v) is 2.42. The molecule has 0 spiro atoms. The Bertz CT molecular complexity index is 735. The van der Waals surface area contributed by atoms with Gasteiger partial charge >= 0.3 is 5.97 Å². The number of carboxylic acids is 1. The number of pyridine rings is 1. The van der Waals surface area contributed by atoms with Gasteiger partial charge in [0.25, 0.3) is 5.91 Å². The number of carbonyl (C=O) groups is 2. The van der Waals surface area contributed by atoms with Crippen LogP contribution in [0.5, 0.6) is 0 Å². The standard InChI is InChI=1S/C13H13N3O4S/c1-7-4-10(17)8(5-15-7)12(18)14-3-2-11-16-9(6-21-11)13(19)20/h4-6H,2-3H2,1H3,(H,14,18)(H,15,17)(H,19,20). The number of H-pyrrole nitrogens is 1. The highest BCUT2D eigenvalue weighted by molar-refractivity contribution is 7.09. The molecular formula is C13H13N3O4S. The summed E-state index contributed by atoms with van der Waals surface area (Å²) in [5, 5.41) is 13.4. The molecule has 0 atom stereocenters. The first-order valence-electron chi connectivity index (χ1n) is 6.12. The molecule has 0 aliphatic rings. The highest BCUT2D eigenvalue weighted by Gasteiger charge is 2.11. The summed E-state index contributed by atoms with van der Waals surface area (Å²) in [7, 11) is 0. The second-order valence-corrected chi connectivity index (χ2v) is 5.27. The summed E-state index contributed by atoms with van der Waals surface area (Å²) in [6, 6.07) is 1.36. The Morgan fingerprint density at radius 1 is 1.48 bits per heavy atom. The molecule has 2 rings (SSSR count). The number of carbonyl (C=O) groups excluding carboxylic acids is 1. The molecule has 1 amide bonds. The molecule has 0 aromatic carbocycles. The van der Waals surface area contributed by atoms with Crippen molar-refractivity contribution in [3.05, 3.63) is 49.8 Å². The van der Waals surface area contributed by atoms with Gasteiger partial charge in [-0.15, -0.1) is 11.3 Å². The number of aryl methyl sites for hydroxylation is 1. The minimum atomic E-state index is -1.08. The summed E-state index contributed by atoms with van der Waals surface area (Å²) >= 11 is 1.22. The van der Waals surface area contributed by atoms with Crippen LogP contribution in [-0.4, -0.2) is 33.5 Å². The van der Waals surface area contributed by atoms with Crippen LogP contribution in [0.2, 0.25) is 0 Å². The van der Waals surface area contributed by atoms with Crippen molar-refractivity contribution in [2.45, 2.75) is 13.3 Å². The largest absolute Gasteiger partial charge is 0.476 e. The van der Waals surface area contributed by atoms with E-state index in [1.54, 1.807) is 6.92 Å². The molecule has 2 heterocycles. The van der Waals surface area contributed by atoms with Crippen LogP contribution in [0, 0.1) is 6.92 Å². The first kappa shape index (κ1) is 14.9. The van der Waals surface area contributed by atoms with Gasteiger partial charge in [0.05, 0.1) is 5.01 Å². The molecule has 21 heavy (non-hydrogen) atoms. The summed E-state index contributed by atoms with van der Waals surface area (Å²) in [5.41, 5.74) is 0.383. The highest BCUT2D eigenvalue weighted by Crippen LogP contribution is 2.09. The number of aromatic amines is 1. The third-order valence-electron chi connectivity index (χ3n) is 2.70. The van der Waals surface area contributed by atoms with Gasteiger partial charge < -0.3 is 15.4 Å². The lowest BCUT2D eigenvalue weighted by molar-refractivity contribution is 0.0690. The van der Waals surface area contributed by atoms with Crippen LogP contribution < -0.4 is 10.7 Å². The predicted octanol–water partition coefficient (Wildman–Crippen LogP) is 0.811. The number of carboxylic acid groups (broad SMARTS) is 1. The smallest absolute Gasteiger partial charge is 0.355 e. The lowest BCUT2D eigenvalue weighted by Crippen LogP contribution is -2.30. The van der Waals surface area contributed by atoms with Crippen LogP contribution in [0.3, 0.4) is 0 Å². The second-order valence-electron chi connectivity index (χ2n) is 4.33. The Morgan fingerprint density at radius 2 is 2.24 bits per heavy atom. The maximum absolute atomic E-state index is 11.8. The van der Waals surface area contributed by atoms with Crippen molar-refractivity contribution in [1.29, 1.82) is 0 Å². The fraction of sp³-hybridized carbons (Fsp3) is 0.231. The van der Waals surface area contributed by atoms with Crippen LogP contribution in [0.25, 0.3) is 0 Å². The molecule has 0 bridgehead atoms. The second kappa shape index (κ2) is 6.31. The van der Waals surface area contributed by atoms with Crippen molar-refractivity contribution in [3.63, 3.8) is 0 Å². The van der Waals surface area contributed by atoms with Crippen molar-refractivity contribution < 1.29 is 14.7 Å². The third-order valence-corrected chi connectivity index (χ3v) is 3.61. The van der Waals surface area contributed by atoms with Crippen LogP contribution >= 0.6 is 11.3 Å². The summed E-state index contributed by atoms with van der Waals surface area (Å²) < 4.78 is 0. The number of nitrogens with one attached hydrogen (secondary N) is 2.